The number of allylic oxidation sites excluding steroid dienone is 2. The molecule has 0 fully saturated rings. The number of carbonyl (C=O) groups excluding carboxylic acids is 1. The van der Waals surface area contributed by atoms with Crippen molar-refractivity contribution in [3.05, 3.63) is 103 Å². The summed E-state index contributed by atoms with van der Waals surface area (Å²) in [7, 11) is 3.10. The van der Waals surface area contributed by atoms with Crippen molar-refractivity contribution in [3.63, 3.8) is 0 Å². The number of thiazole rings is 1. The molecule has 200 valence electrons. The minimum absolute atomic E-state index is 0.202. The van der Waals surface area contributed by atoms with Gasteiger partial charge in [-0.15, -0.1) is 6.58 Å². The molecule has 2 aromatic carbocycles. The number of benzene rings is 2. The molecule has 0 aliphatic carbocycles. The molecule has 1 aliphatic rings. The number of hydrogen-bond acceptors (Lipinski definition) is 7. The van der Waals surface area contributed by atoms with E-state index in [1.165, 1.54) is 11.3 Å². The van der Waals surface area contributed by atoms with Gasteiger partial charge in [0, 0.05) is 29.2 Å². The third kappa shape index (κ3) is 4.59. The first kappa shape index (κ1) is 26.2. The molecule has 1 unspecified atom stereocenters. The summed E-state index contributed by atoms with van der Waals surface area (Å²) in [5, 5.41) is 1.03. The highest BCUT2D eigenvalue weighted by molar-refractivity contribution is 7.07. The van der Waals surface area contributed by atoms with E-state index in [1.54, 1.807) is 44.8 Å². The van der Waals surface area contributed by atoms with E-state index < -0.39 is 12.0 Å². The van der Waals surface area contributed by atoms with Gasteiger partial charge in [0.25, 0.3) is 5.56 Å². The Morgan fingerprint density at radius 1 is 1.15 bits per heavy atom. The van der Waals surface area contributed by atoms with Crippen molar-refractivity contribution in [2.24, 2.45) is 4.99 Å². The fourth-order valence-corrected chi connectivity index (χ4v) is 5.99. The molecule has 0 spiro atoms. The number of methoxy groups -OCH3 is 2. The van der Waals surface area contributed by atoms with Gasteiger partial charge in [0.2, 0.25) is 0 Å². The molecule has 0 N–H and O–H groups in total. The SMILES string of the molecule is C=CCn1cc(C=c2sc3n(c2=O)C(c2ccc(OC)c(OC)c2)C(C(=O)OCC)=C(C)N=3)c2ccccc21. The number of nitrogens with zero attached hydrogens (tertiary/aromatic N) is 3. The Bertz CT molecular complexity index is 1810. The number of esters is 1. The molecule has 0 bridgehead atoms. The summed E-state index contributed by atoms with van der Waals surface area (Å²) in [6, 6.07) is 12.7. The zero-order valence-corrected chi connectivity index (χ0v) is 23.1. The molecule has 0 radical (unpaired) electrons. The van der Waals surface area contributed by atoms with Gasteiger partial charge in [-0.05, 0) is 43.7 Å². The Morgan fingerprint density at radius 2 is 1.92 bits per heavy atom. The molecule has 5 rings (SSSR count). The fraction of sp³-hybridized carbons (Fsp3) is 0.233. The van der Waals surface area contributed by atoms with Crippen LogP contribution in [0.1, 0.15) is 31.0 Å². The van der Waals surface area contributed by atoms with Crippen molar-refractivity contribution < 1.29 is 19.0 Å². The number of hydrogen-bond donors (Lipinski definition) is 0. The van der Waals surface area contributed by atoms with E-state index in [0.717, 1.165) is 16.5 Å². The first-order valence-corrected chi connectivity index (χ1v) is 13.3. The molecule has 0 saturated heterocycles. The van der Waals surface area contributed by atoms with Crippen LogP contribution >= 0.6 is 11.3 Å². The summed E-state index contributed by atoms with van der Waals surface area (Å²) < 4.78 is 20.5. The Morgan fingerprint density at radius 3 is 2.64 bits per heavy atom. The predicted molar refractivity (Wildman–Crippen MR) is 152 cm³/mol. The second-order valence-electron chi connectivity index (χ2n) is 8.96. The van der Waals surface area contributed by atoms with Crippen LogP contribution < -0.4 is 24.4 Å². The van der Waals surface area contributed by atoms with E-state index in [1.807, 2.05) is 48.7 Å². The van der Waals surface area contributed by atoms with Crippen molar-refractivity contribution in [2.75, 3.05) is 20.8 Å². The van der Waals surface area contributed by atoms with Gasteiger partial charge >= 0.3 is 5.97 Å². The van der Waals surface area contributed by atoms with Crippen LogP contribution in [0.5, 0.6) is 11.5 Å². The Labute approximate surface area is 229 Å². The van der Waals surface area contributed by atoms with Crippen LogP contribution in [0.15, 0.2) is 82.4 Å². The molecule has 8 nitrogen and oxygen atoms in total. The molecule has 2 aromatic heterocycles. The molecule has 3 heterocycles. The van der Waals surface area contributed by atoms with Crippen molar-refractivity contribution in [3.8, 4) is 11.5 Å². The summed E-state index contributed by atoms with van der Waals surface area (Å²) in [6.07, 6.45) is 5.75. The van der Waals surface area contributed by atoms with E-state index in [0.29, 0.717) is 44.2 Å². The first-order chi connectivity index (χ1) is 18.9. The van der Waals surface area contributed by atoms with Crippen molar-refractivity contribution in [2.45, 2.75) is 26.4 Å². The van der Waals surface area contributed by atoms with Crippen molar-refractivity contribution in [1.29, 1.82) is 0 Å². The molecule has 0 amide bonds. The van der Waals surface area contributed by atoms with Gasteiger partial charge in [0.05, 0.1) is 42.7 Å². The van der Waals surface area contributed by atoms with Crippen LogP contribution in [-0.2, 0) is 16.1 Å². The van der Waals surface area contributed by atoms with Crippen LogP contribution in [0.3, 0.4) is 0 Å². The first-order valence-electron chi connectivity index (χ1n) is 12.5. The van der Waals surface area contributed by atoms with E-state index in [2.05, 4.69) is 16.1 Å². The highest BCUT2D eigenvalue weighted by atomic mass is 32.1. The summed E-state index contributed by atoms with van der Waals surface area (Å²) in [6.45, 7) is 8.22. The Kier molecular flexibility index (Phi) is 7.26. The highest BCUT2D eigenvalue weighted by Crippen LogP contribution is 2.36. The minimum Gasteiger partial charge on any atom is -0.493 e. The minimum atomic E-state index is -0.746. The van der Waals surface area contributed by atoms with Crippen LogP contribution in [-0.4, -0.2) is 35.9 Å². The molecule has 1 atom stereocenters. The summed E-state index contributed by atoms with van der Waals surface area (Å²) in [5.41, 5.74) is 3.23. The Balaban J connectivity index is 1.75. The second-order valence-corrected chi connectivity index (χ2v) is 9.97. The number of fused-ring (bicyclic) bond motifs is 2. The maximum absolute atomic E-state index is 14.0. The number of rotatable bonds is 8. The van der Waals surface area contributed by atoms with E-state index >= 15 is 0 Å². The number of carbonyl (C=O) groups is 1. The lowest BCUT2D eigenvalue weighted by molar-refractivity contribution is -0.139. The summed E-state index contributed by atoms with van der Waals surface area (Å²) >= 11 is 1.29. The lowest BCUT2D eigenvalue weighted by Gasteiger charge is -2.25. The van der Waals surface area contributed by atoms with Crippen LogP contribution in [0, 0.1) is 0 Å². The van der Waals surface area contributed by atoms with Crippen LogP contribution in [0.2, 0.25) is 0 Å². The zero-order valence-electron chi connectivity index (χ0n) is 22.3. The van der Waals surface area contributed by atoms with Gasteiger partial charge in [-0.25, -0.2) is 9.79 Å². The van der Waals surface area contributed by atoms with Crippen molar-refractivity contribution >= 4 is 34.3 Å². The van der Waals surface area contributed by atoms with E-state index in [-0.39, 0.29) is 12.2 Å². The normalized spacial score (nSPS) is 15.2. The van der Waals surface area contributed by atoms with E-state index in [9.17, 15) is 9.59 Å². The monoisotopic (exact) mass is 543 g/mol. The van der Waals surface area contributed by atoms with Gasteiger partial charge in [-0.2, -0.15) is 0 Å². The molecule has 0 saturated carbocycles. The number of ether oxygens (including phenoxy) is 3. The molecule has 4 aromatic rings. The average molecular weight is 544 g/mol. The van der Waals surface area contributed by atoms with Crippen LogP contribution in [0.25, 0.3) is 17.0 Å². The fourth-order valence-electron chi connectivity index (χ4n) is 4.95. The molecule has 39 heavy (non-hydrogen) atoms. The molecule has 1 aliphatic heterocycles. The highest BCUT2D eigenvalue weighted by Gasteiger charge is 2.34. The third-order valence-electron chi connectivity index (χ3n) is 6.67. The summed E-state index contributed by atoms with van der Waals surface area (Å²) in [5.74, 6) is 0.522. The molecule has 9 heteroatoms. The second kappa shape index (κ2) is 10.8. The quantitative estimate of drug-likeness (QED) is 0.248. The number of aromatic nitrogens is 2. The van der Waals surface area contributed by atoms with E-state index in [4.69, 9.17) is 14.2 Å². The largest absolute Gasteiger partial charge is 0.493 e. The molecular formula is C30H29N3O5S. The van der Waals surface area contributed by atoms with Gasteiger partial charge in [0.15, 0.2) is 16.3 Å². The van der Waals surface area contributed by atoms with Gasteiger partial charge in [-0.1, -0.05) is 41.7 Å². The standard InChI is InChI=1S/C30H29N3O5S/c1-6-14-32-17-20(21-10-8-9-11-22(21)32)16-25-28(34)33-27(19-12-13-23(36-4)24(15-19)37-5)26(29(35)38-7-2)18(3)31-30(33)39-25/h6,8-13,15-17,27H,1,7,14H2,2-5H3. The van der Waals surface area contributed by atoms with Crippen molar-refractivity contribution in [1.82, 2.24) is 9.13 Å². The smallest absolute Gasteiger partial charge is 0.338 e. The lowest BCUT2D eigenvalue weighted by atomic mass is 9.95. The van der Waals surface area contributed by atoms with Gasteiger partial charge in [-0.3, -0.25) is 9.36 Å². The topological polar surface area (TPSA) is 84.0 Å². The molecular weight excluding hydrogens is 514 g/mol. The Hall–Kier alpha value is -4.37. The maximum Gasteiger partial charge on any atom is 0.338 e. The summed E-state index contributed by atoms with van der Waals surface area (Å²) in [4.78, 5) is 32.4. The predicted octanol–water partition coefficient (Wildman–Crippen LogP) is 3.96. The average Bonchev–Trinajstić information content (AvgIpc) is 3.44. The van der Waals surface area contributed by atoms with Gasteiger partial charge < -0.3 is 18.8 Å². The van der Waals surface area contributed by atoms with Crippen LogP contribution in [0.4, 0.5) is 0 Å². The maximum atomic E-state index is 14.0. The lowest BCUT2D eigenvalue weighted by Crippen LogP contribution is -2.39. The zero-order chi connectivity index (χ0) is 27.7. The number of para-hydroxylation sites is 1. The third-order valence-corrected chi connectivity index (χ3v) is 7.66. The van der Waals surface area contributed by atoms with Gasteiger partial charge in [0.1, 0.15) is 0 Å².